The van der Waals surface area contributed by atoms with Crippen molar-refractivity contribution in [3.8, 4) is 0 Å². The van der Waals surface area contributed by atoms with Crippen LogP contribution in [0.2, 0.25) is 0 Å². The molecule has 3 heteroatoms. The average Bonchev–Trinajstić information content (AvgIpc) is 2.51. The van der Waals surface area contributed by atoms with Gasteiger partial charge in [0, 0.05) is 19.7 Å². The van der Waals surface area contributed by atoms with Gasteiger partial charge in [-0.05, 0) is 25.7 Å². The van der Waals surface area contributed by atoms with E-state index in [9.17, 15) is 0 Å². The van der Waals surface area contributed by atoms with Crippen molar-refractivity contribution in [2.45, 2.75) is 38.9 Å². The molecule has 2 N–H and O–H groups in total. The number of aliphatic hydroxyl groups is 1. The highest BCUT2D eigenvalue weighted by molar-refractivity contribution is 4.77. The highest BCUT2D eigenvalue weighted by Gasteiger charge is 2.25. The Morgan fingerprint density at radius 1 is 1.62 bits per heavy atom. The number of ether oxygens (including phenoxy) is 1. The van der Waals surface area contributed by atoms with E-state index in [-0.39, 0.29) is 6.10 Å². The quantitative estimate of drug-likeness (QED) is 0.668. The number of hydrogen-bond acceptors (Lipinski definition) is 3. The molecule has 0 bridgehead atoms. The van der Waals surface area contributed by atoms with Gasteiger partial charge >= 0.3 is 0 Å². The van der Waals surface area contributed by atoms with Crippen LogP contribution < -0.4 is 5.32 Å². The van der Waals surface area contributed by atoms with Gasteiger partial charge in [-0.2, -0.15) is 0 Å². The van der Waals surface area contributed by atoms with Crippen molar-refractivity contribution < 1.29 is 9.84 Å². The largest absolute Gasteiger partial charge is 0.392 e. The van der Waals surface area contributed by atoms with Crippen molar-refractivity contribution in [3.05, 3.63) is 0 Å². The zero-order valence-corrected chi connectivity index (χ0v) is 8.62. The van der Waals surface area contributed by atoms with Crippen LogP contribution in [-0.2, 0) is 4.74 Å². The highest BCUT2D eigenvalue weighted by atomic mass is 16.5. The van der Waals surface area contributed by atoms with E-state index in [1.54, 1.807) is 6.92 Å². The minimum atomic E-state index is -0.248. The molecule has 78 valence electrons. The lowest BCUT2D eigenvalue weighted by molar-refractivity contribution is 0.0861. The minimum Gasteiger partial charge on any atom is -0.392 e. The van der Waals surface area contributed by atoms with Crippen molar-refractivity contribution in [2.75, 3.05) is 19.7 Å². The van der Waals surface area contributed by atoms with Gasteiger partial charge in [-0.15, -0.1) is 0 Å². The molecule has 1 saturated heterocycles. The number of aliphatic hydroxyl groups excluding tert-OH is 1. The van der Waals surface area contributed by atoms with E-state index in [1.807, 2.05) is 0 Å². The van der Waals surface area contributed by atoms with E-state index in [0.29, 0.717) is 18.6 Å². The van der Waals surface area contributed by atoms with E-state index >= 15 is 0 Å². The van der Waals surface area contributed by atoms with Crippen molar-refractivity contribution in [3.63, 3.8) is 0 Å². The zero-order valence-electron chi connectivity index (χ0n) is 8.62. The van der Waals surface area contributed by atoms with Gasteiger partial charge in [0.1, 0.15) is 0 Å². The molecule has 0 aromatic heterocycles. The van der Waals surface area contributed by atoms with Gasteiger partial charge in [-0.3, -0.25) is 0 Å². The first-order valence-electron chi connectivity index (χ1n) is 5.24. The maximum atomic E-state index is 9.06. The minimum absolute atomic E-state index is 0.248. The topological polar surface area (TPSA) is 41.5 Å². The molecule has 0 saturated carbocycles. The molecule has 2 unspecified atom stereocenters. The summed E-state index contributed by atoms with van der Waals surface area (Å²) >= 11 is 0. The van der Waals surface area contributed by atoms with Gasteiger partial charge in [0.05, 0.1) is 12.2 Å². The molecule has 0 aromatic rings. The van der Waals surface area contributed by atoms with Crippen LogP contribution in [0.5, 0.6) is 0 Å². The Bertz CT molecular complexity index is 139. The Labute approximate surface area is 80.5 Å². The SMILES string of the molecule is CCC1OCCC1CNC[C@@H](C)O. The summed E-state index contributed by atoms with van der Waals surface area (Å²) in [5, 5.41) is 12.3. The Balaban J connectivity index is 2.13. The predicted molar refractivity (Wildman–Crippen MR) is 52.7 cm³/mol. The molecule has 0 aliphatic carbocycles. The molecule has 0 aromatic carbocycles. The Kier molecular flexibility index (Phi) is 4.70. The second-order valence-electron chi connectivity index (χ2n) is 3.87. The molecule has 1 heterocycles. The molecule has 1 rings (SSSR count). The summed E-state index contributed by atoms with van der Waals surface area (Å²) in [7, 11) is 0. The molecule has 3 atom stereocenters. The summed E-state index contributed by atoms with van der Waals surface area (Å²) in [4.78, 5) is 0. The third-order valence-electron chi connectivity index (χ3n) is 2.59. The van der Waals surface area contributed by atoms with Gasteiger partial charge in [0.15, 0.2) is 0 Å². The molecular weight excluding hydrogens is 166 g/mol. The summed E-state index contributed by atoms with van der Waals surface area (Å²) < 4.78 is 5.57. The van der Waals surface area contributed by atoms with Crippen molar-refractivity contribution in [1.29, 1.82) is 0 Å². The molecule has 0 radical (unpaired) electrons. The van der Waals surface area contributed by atoms with Crippen molar-refractivity contribution in [2.24, 2.45) is 5.92 Å². The van der Waals surface area contributed by atoms with E-state index in [1.165, 1.54) is 0 Å². The Morgan fingerprint density at radius 3 is 3.00 bits per heavy atom. The number of nitrogens with one attached hydrogen (secondary N) is 1. The summed E-state index contributed by atoms with van der Waals surface area (Å²) in [6, 6.07) is 0. The van der Waals surface area contributed by atoms with Crippen molar-refractivity contribution in [1.82, 2.24) is 5.32 Å². The van der Waals surface area contributed by atoms with Crippen LogP contribution in [-0.4, -0.2) is 37.0 Å². The monoisotopic (exact) mass is 187 g/mol. The summed E-state index contributed by atoms with van der Waals surface area (Å²) in [6.45, 7) is 6.53. The number of hydrogen-bond donors (Lipinski definition) is 2. The first-order valence-corrected chi connectivity index (χ1v) is 5.24. The fourth-order valence-electron chi connectivity index (χ4n) is 1.86. The molecule has 0 amide bonds. The second-order valence-corrected chi connectivity index (χ2v) is 3.87. The normalized spacial score (nSPS) is 30.7. The van der Waals surface area contributed by atoms with Crippen LogP contribution in [0.3, 0.4) is 0 Å². The van der Waals surface area contributed by atoms with Crippen LogP contribution in [0, 0.1) is 5.92 Å². The van der Waals surface area contributed by atoms with Gasteiger partial charge in [0.2, 0.25) is 0 Å². The van der Waals surface area contributed by atoms with E-state index < -0.39 is 0 Å². The maximum absolute atomic E-state index is 9.06. The molecule has 1 fully saturated rings. The van der Waals surface area contributed by atoms with Gasteiger partial charge in [-0.25, -0.2) is 0 Å². The van der Waals surface area contributed by atoms with E-state index in [4.69, 9.17) is 9.84 Å². The van der Waals surface area contributed by atoms with E-state index in [2.05, 4.69) is 12.2 Å². The van der Waals surface area contributed by atoms with Crippen LogP contribution in [0.1, 0.15) is 26.7 Å². The first-order chi connectivity index (χ1) is 6.24. The lowest BCUT2D eigenvalue weighted by Gasteiger charge is -2.17. The fraction of sp³-hybridized carbons (Fsp3) is 1.00. The zero-order chi connectivity index (χ0) is 9.68. The van der Waals surface area contributed by atoms with Gasteiger partial charge < -0.3 is 15.2 Å². The third kappa shape index (κ3) is 3.63. The van der Waals surface area contributed by atoms with Gasteiger partial charge in [0.25, 0.3) is 0 Å². The molecular formula is C10H21NO2. The molecule has 3 nitrogen and oxygen atoms in total. The third-order valence-corrected chi connectivity index (χ3v) is 2.59. The lowest BCUT2D eigenvalue weighted by atomic mass is 10.00. The highest BCUT2D eigenvalue weighted by Crippen LogP contribution is 2.22. The predicted octanol–water partition coefficient (Wildman–Crippen LogP) is 0.772. The van der Waals surface area contributed by atoms with Crippen molar-refractivity contribution >= 4 is 0 Å². The van der Waals surface area contributed by atoms with Crippen LogP contribution in [0.15, 0.2) is 0 Å². The van der Waals surface area contributed by atoms with Gasteiger partial charge in [-0.1, -0.05) is 6.92 Å². The van der Waals surface area contributed by atoms with Crippen LogP contribution in [0.4, 0.5) is 0 Å². The molecule has 1 aliphatic rings. The maximum Gasteiger partial charge on any atom is 0.0636 e. The number of rotatable bonds is 5. The summed E-state index contributed by atoms with van der Waals surface area (Å²) in [5.41, 5.74) is 0. The lowest BCUT2D eigenvalue weighted by Crippen LogP contribution is -2.32. The Morgan fingerprint density at radius 2 is 2.38 bits per heavy atom. The van der Waals surface area contributed by atoms with E-state index in [0.717, 1.165) is 26.0 Å². The standard InChI is InChI=1S/C10H21NO2/c1-3-10-9(4-5-13-10)7-11-6-8(2)12/h8-12H,3-7H2,1-2H3/t8-,9?,10?/m1/s1. The molecule has 0 spiro atoms. The molecule has 13 heavy (non-hydrogen) atoms. The van der Waals surface area contributed by atoms with Crippen LogP contribution >= 0.6 is 0 Å². The van der Waals surface area contributed by atoms with Crippen LogP contribution in [0.25, 0.3) is 0 Å². The summed E-state index contributed by atoms with van der Waals surface area (Å²) in [5.74, 6) is 0.642. The second kappa shape index (κ2) is 5.58. The fourth-order valence-corrected chi connectivity index (χ4v) is 1.86. The summed E-state index contributed by atoms with van der Waals surface area (Å²) in [6.07, 6.45) is 2.44. The smallest absolute Gasteiger partial charge is 0.0636 e. The Hall–Kier alpha value is -0.120. The average molecular weight is 187 g/mol. The first kappa shape index (κ1) is 11.0. The molecule has 1 aliphatic heterocycles.